The summed E-state index contributed by atoms with van der Waals surface area (Å²) in [6, 6.07) is 9.02. The summed E-state index contributed by atoms with van der Waals surface area (Å²) < 4.78 is 0. The molecule has 100 valence electrons. The number of benzene rings is 1. The van der Waals surface area contributed by atoms with Crippen molar-refractivity contribution in [2.24, 2.45) is 5.92 Å². The van der Waals surface area contributed by atoms with Crippen LogP contribution < -0.4 is 4.90 Å². The van der Waals surface area contributed by atoms with Gasteiger partial charge in [0.25, 0.3) is 0 Å². The molecular formula is C16H24BrN. The third kappa shape index (κ3) is 3.74. The van der Waals surface area contributed by atoms with Crippen LogP contribution in [0.4, 0.5) is 5.69 Å². The van der Waals surface area contributed by atoms with Crippen LogP contribution in [0.2, 0.25) is 0 Å². The fourth-order valence-electron chi connectivity index (χ4n) is 2.92. The Morgan fingerprint density at radius 1 is 1.17 bits per heavy atom. The maximum Gasteiger partial charge on any atom is 0.0366 e. The van der Waals surface area contributed by atoms with Crippen LogP contribution in [-0.4, -0.2) is 13.1 Å². The number of anilines is 1. The molecule has 18 heavy (non-hydrogen) atoms. The number of rotatable bonds is 4. The van der Waals surface area contributed by atoms with Crippen LogP contribution in [0.3, 0.4) is 0 Å². The number of hydrogen-bond donors (Lipinski definition) is 0. The topological polar surface area (TPSA) is 3.24 Å². The predicted molar refractivity (Wildman–Crippen MR) is 83.5 cm³/mol. The van der Waals surface area contributed by atoms with Gasteiger partial charge in [-0.1, -0.05) is 47.8 Å². The molecule has 1 aliphatic heterocycles. The second kappa shape index (κ2) is 7.18. The molecule has 0 amide bonds. The molecule has 1 fully saturated rings. The summed E-state index contributed by atoms with van der Waals surface area (Å²) in [4.78, 5) is 2.56. The van der Waals surface area contributed by atoms with Crippen LogP contribution in [0.25, 0.3) is 0 Å². The van der Waals surface area contributed by atoms with E-state index in [2.05, 4.69) is 52.0 Å². The van der Waals surface area contributed by atoms with E-state index in [0.717, 1.165) is 11.2 Å². The van der Waals surface area contributed by atoms with Crippen molar-refractivity contribution in [3.05, 3.63) is 29.8 Å². The Morgan fingerprint density at radius 2 is 1.94 bits per heavy atom. The second-order valence-corrected chi connectivity index (χ2v) is 5.93. The third-order valence-electron chi connectivity index (χ3n) is 4.00. The summed E-state index contributed by atoms with van der Waals surface area (Å²) in [5.41, 5.74) is 2.76. The molecule has 1 aromatic rings. The van der Waals surface area contributed by atoms with Crippen molar-refractivity contribution in [2.75, 3.05) is 18.0 Å². The van der Waals surface area contributed by atoms with Gasteiger partial charge in [-0.05, 0) is 42.9 Å². The van der Waals surface area contributed by atoms with Crippen LogP contribution in [0.15, 0.2) is 24.3 Å². The maximum atomic E-state index is 3.50. The van der Waals surface area contributed by atoms with Gasteiger partial charge in [-0.25, -0.2) is 0 Å². The van der Waals surface area contributed by atoms with Gasteiger partial charge in [0.05, 0.1) is 0 Å². The highest BCUT2D eigenvalue weighted by Gasteiger charge is 2.16. The van der Waals surface area contributed by atoms with Gasteiger partial charge >= 0.3 is 0 Å². The molecule has 0 saturated carbocycles. The summed E-state index contributed by atoms with van der Waals surface area (Å²) >= 11 is 3.50. The number of halogens is 1. The molecule has 1 saturated heterocycles. The van der Waals surface area contributed by atoms with Crippen LogP contribution >= 0.6 is 15.9 Å². The molecule has 0 spiro atoms. The normalized spacial score (nSPS) is 20.8. The van der Waals surface area contributed by atoms with Gasteiger partial charge in [0.2, 0.25) is 0 Å². The summed E-state index contributed by atoms with van der Waals surface area (Å²) in [5.74, 6) is 0.960. The molecule has 1 aromatic carbocycles. The lowest BCUT2D eigenvalue weighted by Gasteiger charge is -2.23. The van der Waals surface area contributed by atoms with Crippen LogP contribution in [-0.2, 0) is 5.33 Å². The summed E-state index contributed by atoms with van der Waals surface area (Å²) in [7, 11) is 0. The molecule has 1 unspecified atom stereocenters. The molecule has 1 nitrogen and oxygen atoms in total. The monoisotopic (exact) mass is 309 g/mol. The first-order valence-corrected chi connectivity index (χ1v) is 8.35. The number of alkyl halides is 1. The van der Waals surface area contributed by atoms with Crippen LogP contribution in [0.5, 0.6) is 0 Å². The Balaban J connectivity index is 1.96. The van der Waals surface area contributed by atoms with E-state index in [1.807, 2.05) is 0 Å². The van der Waals surface area contributed by atoms with Gasteiger partial charge in [0.15, 0.2) is 0 Å². The molecule has 1 heterocycles. The first-order chi connectivity index (χ1) is 8.83. The Morgan fingerprint density at radius 3 is 2.61 bits per heavy atom. The minimum Gasteiger partial charge on any atom is -0.372 e. The average Bonchev–Trinajstić information content (AvgIpc) is 2.65. The number of hydrogen-bond acceptors (Lipinski definition) is 1. The third-order valence-corrected chi connectivity index (χ3v) is 4.65. The van der Waals surface area contributed by atoms with E-state index in [-0.39, 0.29) is 0 Å². The van der Waals surface area contributed by atoms with Crippen molar-refractivity contribution in [1.29, 1.82) is 0 Å². The van der Waals surface area contributed by atoms with E-state index < -0.39 is 0 Å². The fourth-order valence-corrected chi connectivity index (χ4v) is 3.29. The lowest BCUT2D eigenvalue weighted by atomic mass is 9.96. The van der Waals surface area contributed by atoms with E-state index in [1.54, 1.807) is 0 Å². The highest BCUT2D eigenvalue weighted by Crippen LogP contribution is 2.25. The van der Waals surface area contributed by atoms with Gasteiger partial charge < -0.3 is 4.90 Å². The van der Waals surface area contributed by atoms with E-state index in [4.69, 9.17) is 0 Å². The molecule has 1 aliphatic rings. The van der Waals surface area contributed by atoms with E-state index in [9.17, 15) is 0 Å². The lowest BCUT2D eigenvalue weighted by Crippen LogP contribution is -2.24. The molecule has 0 N–H and O–H groups in total. The molecular weight excluding hydrogens is 286 g/mol. The van der Waals surface area contributed by atoms with Crippen molar-refractivity contribution in [3.63, 3.8) is 0 Å². The van der Waals surface area contributed by atoms with Crippen molar-refractivity contribution in [3.8, 4) is 0 Å². The second-order valence-electron chi connectivity index (χ2n) is 5.37. The Labute approximate surface area is 120 Å². The minimum absolute atomic E-state index is 0.950. The van der Waals surface area contributed by atoms with Gasteiger partial charge in [-0.3, -0.25) is 0 Å². The Bertz CT molecular complexity index is 347. The highest BCUT2D eigenvalue weighted by molar-refractivity contribution is 9.08. The van der Waals surface area contributed by atoms with Gasteiger partial charge in [0.1, 0.15) is 0 Å². The molecule has 0 bridgehead atoms. The SMILES string of the molecule is CCCC1CCCN(c2ccc(CBr)cc2)CC1. The lowest BCUT2D eigenvalue weighted by molar-refractivity contribution is 0.435. The molecule has 0 aliphatic carbocycles. The van der Waals surface area contributed by atoms with Crippen molar-refractivity contribution in [2.45, 2.75) is 44.4 Å². The molecule has 0 aromatic heterocycles. The van der Waals surface area contributed by atoms with Crippen molar-refractivity contribution < 1.29 is 0 Å². The first-order valence-electron chi connectivity index (χ1n) is 7.23. The van der Waals surface area contributed by atoms with Crippen LogP contribution in [0, 0.1) is 5.92 Å². The van der Waals surface area contributed by atoms with Crippen molar-refractivity contribution >= 4 is 21.6 Å². The smallest absolute Gasteiger partial charge is 0.0366 e. The van der Waals surface area contributed by atoms with Gasteiger partial charge in [0, 0.05) is 24.1 Å². The van der Waals surface area contributed by atoms with E-state index in [1.165, 1.54) is 56.4 Å². The largest absolute Gasteiger partial charge is 0.372 e. The molecule has 2 heteroatoms. The Kier molecular flexibility index (Phi) is 5.55. The molecule has 0 radical (unpaired) electrons. The fraction of sp³-hybridized carbons (Fsp3) is 0.625. The van der Waals surface area contributed by atoms with Gasteiger partial charge in [-0.2, -0.15) is 0 Å². The molecule has 1 atom stereocenters. The summed E-state index contributed by atoms with van der Waals surface area (Å²) in [6.07, 6.45) is 6.89. The quantitative estimate of drug-likeness (QED) is 0.708. The van der Waals surface area contributed by atoms with E-state index in [0.29, 0.717) is 0 Å². The number of nitrogens with zero attached hydrogens (tertiary/aromatic N) is 1. The summed E-state index contributed by atoms with van der Waals surface area (Å²) in [6.45, 7) is 4.77. The zero-order valence-electron chi connectivity index (χ0n) is 11.4. The zero-order valence-corrected chi connectivity index (χ0v) is 13.0. The molecule has 2 rings (SSSR count). The maximum absolute atomic E-state index is 3.50. The van der Waals surface area contributed by atoms with Gasteiger partial charge in [-0.15, -0.1) is 0 Å². The summed E-state index contributed by atoms with van der Waals surface area (Å²) in [5, 5.41) is 0.950. The average molecular weight is 310 g/mol. The first kappa shape index (κ1) is 13.9. The highest BCUT2D eigenvalue weighted by atomic mass is 79.9. The van der Waals surface area contributed by atoms with Crippen LogP contribution in [0.1, 0.15) is 44.6 Å². The zero-order chi connectivity index (χ0) is 12.8. The Hall–Kier alpha value is -0.500. The minimum atomic E-state index is 0.950. The van der Waals surface area contributed by atoms with E-state index >= 15 is 0 Å². The predicted octanol–water partition coefficient (Wildman–Crippen LogP) is 4.99. The van der Waals surface area contributed by atoms with Crippen molar-refractivity contribution in [1.82, 2.24) is 0 Å². The standard InChI is InChI=1S/C16H24BrN/c1-2-4-14-5-3-11-18(12-10-14)16-8-6-15(13-17)7-9-16/h6-9,14H,2-5,10-13H2,1H3.